The van der Waals surface area contributed by atoms with Gasteiger partial charge in [-0.2, -0.15) is 0 Å². The first-order valence-electron chi connectivity index (χ1n) is 13.1. The van der Waals surface area contributed by atoms with E-state index in [1.165, 1.54) is 7.11 Å². The molecule has 0 saturated heterocycles. The second-order valence-corrected chi connectivity index (χ2v) is 17.2. The number of hydrogen-bond donors (Lipinski definition) is 3. The zero-order valence-corrected chi connectivity index (χ0v) is 25.5. The number of alkyl carbamates (subject to hydrolysis) is 1. The molecular weight excluding hydrogens is 532 g/mol. The van der Waals surface area contributed by atoms with E-state index >= 15 is 0 Å². The quantitative estimate of drug-likeness (QED) is 0.155. The fraction of sp³-hybridized carbons (Fsp3) is 0.500. The molecule has 1 aromatic heterocycles. The Labute approximate surface area is 236 Å². The summed E-state index contributed by atoms with van der Waals surface area (Å²) in [7, 11) is -0.0460. The summed E-state index contributed by atoms with van der Waals surface area (Å²) in [6.45, 7) is 16.4. The van der Waals surface area contributed by atoms with Gasteiger partial charge in [-0.15, -0.1) is 6.58 Å². The van der Waals surface area contributed by atoms with E-state index in [1.54, 1.807) is 55.8 Å². The summed E-state index contributed by atoms with van der Waals surface area (Å²) in [4.78, 5) is 40.9. The van der Waals surface area contributed by atoms with Crippen molar-refractivity contribution in [2.45, 2.75) is 77.7 Å². The monoisotopic (exact) mass is 574 g/mol. The van der Waals surface area contributed by atoms with Crippen LogP contribution >= 0.6 is 0 Å². The van der Waals surface area contributed by atoms with Crippen LogP contribution in [-0.2, 0) is 32.2 Å². The number of anilines is 1. The van der Waals surface area contributed by atoms with Gasteiger partial charge in [0.25, 0.3) is 0 Å². The summed E-state index contributed by atoms with van der Waals surface area (Å²) in [5.41, 5.74) is 1.90. The lowest BCUT2D eigenvalue weighted by atomic mass is 10.0. The molecule has 1 aromatic carbocycles. The molecule has 2 rings (SSSR count). The molecule has 0 aliphatic carbocycles. The van der Waals surface area contributed by atoms with Crippen molar-refractivity contribution >= 4 is 31.9 Å². The number of carboxylic acid groups (broad SMARTS) is 1. The molecule has 0 fully saturated rings. The van der Waals surface area contributed by atoms with Crippen molar-refractivity contribution in [2.24, 2.45) is 0 Å². The lowest BCUT2D eigenvalue weighted by Crippen LogP contribution is -2.37. The average molecular weight is 575 g/mol. The Kier molecular flexibility index (Phi) is 11.5. The van der Waals surface area contributed by atoms with E-state index in [4.69, 9.17) is 14.5 Å². The highest BCUT2D eigenvalue weighted by molar-refractivity contribution is 6.76. The van der Waals surface area contributed by atoms with Gasteiger partial charge in [-0.1, -0.05) is 31.8 Å². The number of aromatic nitrogens is 2. The molecule has 3 N–H and O–H groups in total. The van der Waals surface area contributed by atoms with E-state index in [0.29, 0.717) is 30.2 Å². The second kappa shape index (κ2) is 14.1. The van der Waals surface area contributed by atoms with Gasteiger partial charge in [0.05, 0.1) is 19.2 Å². The van der Waals surface area contributed by atoms with E-state index in [-0.39, 0.29) is 6.73 Å². The summed E-state index contributed by atoms with van der Waals surface area (Å²) in [5.74, 6) is -0.792. The molecule has 0 aliphatic rings. The molecule has 1 atom stereocenters. The molecule has 1 heterocycles. The van der Waals surface area contributed by atoms with Crippen LogP contribution in [0.1, 0.15) is 44.6 Å². The predicted molar refractivity (Wildman–Crippen MR) is 156 cm³/mol. The van der Waals surface area contributed by atoms with Crippen molar-refractivity contribution in [1.29, 1.82) is 0 Å². The van der Waals surface area contributed by atoms with Gasteiger partial charge in [0.15, 0.2) is 0 Å². The van der Waals surface area contributed by atoms with Crippen LogP contribution in [0.3, 0.4) is 0 Å². The van der Waals surface area contributed by atoms with Gasteiger partial charge in [0.2, 0.25) is 0 Å². The average Bonchev–Trinajstić information content (AvgIpc) is 3.23. The largest absolute Gasteiger partial charge is 0.481 e. The van der Waals surface area contributed by atoms with E-state index < -0.39 is 44.3 Å². The topological polar surface area (TPSA) is 141 Å². The molecular formula is C28H42N4O7Si. The number of ether oxygens (including phenoxy) is 3. The zero-order valence-electron chi connectivity index (χ0n) is 24.5. The summed E-state index contributed by atoms with van der Waals surface area (Å²) in [6, 6.07) is 5.29. The number of carboxylic acids is 1. The van der Waals surface area contributed by atoms with Crippen molar-refractivity contribution in [3.63, 3.8) is 0 Å². The first kappa shape index (κ1) is 32.6. The molecule has 0 bridgehead atoms. The third kappa shape index (κ3) is 10.9. The maximum Gasteiger partial charge on any atom is 0.411 e. The smallest absolute Gasteiger partial charge is 0.411 e. The van der Waals surface area contributed by atoms with Crippen molar-refractivity contribution in [2.75, 3.05) is 19.0 Å². The SMILES string of the molecule is C=CCc1cc(NC(=O)OC)ccc1-c1cn(COCC[Si](C)(C)C)c(C(CC(=O)O)NC(=O)OC(C)(C)C)n1. The van der Waals surface area contributed by atoms with E-state index in [0.717, 1.165) is 17.2 Å². The molecule has 0 spiro atoms. The van der Waals surface area contributed by atoms with Crippen LogP contribution in [0.2, 0.25) is 25.7 Å². The van der Waals surface area contributed by atoms with Gasteiger partial charge in [-0.3, -0.25) is 10.1 Å². The van der Waals surface area contributed by atoms with Crippen molar-refractivity contribution in [3.8, 4) is 11.3 Å². The van der Waals surface area contributed by atoms with Crippen LogP contribution in [0.4, 0.5) is 15.3 Å². The third-order valence-electron chi connectivity index (χ3n) is 5.59. The Hall–Kier alpha value is -3.64. The van der Waals surface area contributed by atoms with Gasteiger partial charge in [0, 0.05) is 32.1 Å². The molecule has 0 saturated carbocycles. The summed E-state index contributed by atoms with van der Waals surface area (Å²) in [6.07, 6.45) is 2.23. The lowest BCUT2D eigenvalue weighted by molar-refractivity contribution is -0.137. The van der Waals surface area contributed by atoms with Crippen LogP contribution in [-0.4, -0.2) is 60.2 Å². The number of nitrogens with one attached hydrogen (secondary N) is 2. The lowest BCUT2D eigenvalue weighted by Gasteiger charge is -2.23. The van der Waals surface area contributed by atoms with Crippen LogP contribution < -0.4 is 10.6 Å². The number of hydrogen-bond acceptors (Lipinski definition) is 7. The van der Waals surface area contributed by atoms with E-state index in [1.807, 2.05) is 0 Å². The highest BCUT2D eigenvalue weighted by Crippen LogP contribution is 2.29. The molecule has 220 valence electrons. The maximum absolute atomic E-state index is 12.6. The number of benzene rings is 1. The summed E-state index contributed by atoms with van der Waals surface area (Å²) in [5, 5.41) is 14.9. The number of carbonyl (C=O) groups excluding carboxylic acids is 2. The molecule has 2 amide bonds. The van der Waals surface area contributed by atoms with E-state index in [2.05, 4.69) is 41.6 Å². The Morgan fingerprint density at radius 3 is 2.48 bits per heavy atom. The summed E-state index contributed by atoms with van der Waals surface area (Å²) < 4.78 is 17.7. The molecule has 2 aromatic rings. The van der Waals surface area contributed by atoms with Crippen LogP contribution in [0.5, 0.6) is 0 Å². The fourth-order valence-corrected chi connectivity index (χ4v) is 4.49. The molecule has 12 heteroatoms. The van der Waals surface area contributed by atoms with Gasteiger partial charge in [0.1, 0.15) is 24.2 Å². The predicted octanol–water partition coefficient (Wildman–Crippen LogP) is 5.81. The van der Waals surface area contributed by atoms with Gasteiger partial charge < -0.3 is 29.2 Å². The third-order valence-corrected chi connectivity index (χ3v) is 7.30. The van der Waals surface area contributed by atoms with Crippen molar-refractivity contribution in [1.82, 2.24) is 14.9 Å². The van der Waals surface area contributed by atoms with Gasteiger partial charge in [-0.25, -0.2) is 14.6 Å². The number of nitrogens with zero attached hydrogens (tertiary/aromatic N) is 2. The van der Waals surface area contributed by atoms with Crippen LogP contribution in [0.25, 0.3) is 11.3 Å². The highest BCUT2D eigenvalue weighted by atomic mass is 28.3. The number of carbonyl (C=O) groups is 3. The number of methoxy groups -OCH3 is 1. The van der Waals surface area contributed by atoms with Gasteiger partial charge in [-0.05, 0) is 50.9 Å². The second-order valence-electron chi connectivity index (χ2n) is 11.6. The molecule has 0 radical (unpaired) electrons. The Balaban J connectivity index is 2.53. The van der Waals surface area contributed by atoms with Gasteiger partial charge >= 0.3 is 18.2 Å². The number of aliphatic carboxylic acids is 1. The Morgan fingerprint density at radius 2 is 1.90 bits per heavy atom. The molecule has 0 aliphatic heterocycles. The first-order chi connectivity index (χ1) is 18.6. The van der Waals surface area contributed by atoms with Crippen LogP contribution in [0, 0.1) is 0 Å². The number of rotatable bonds is 13. The van der Waals surface area contributed by atoms with Crippen molar-refractivity contribution < 1.29 is 33.7 Å². The summed E-state index contributed by atoms with van der Waals surface area (Å²) >= 11 is 0. The number of allylic oxidation sites excluding steroid dienone is 1. The number of amides is 2. The fourth-order valence-electron chi connectivity index (χ4n) is 3.73. The minimum Gasteiger partial charge on any atom is -0.481 e. The standard InChI is InChI=1S/C28H42N4O7Si/c1-9-10-19-15-20(29-26(35)37-5)11-12-21(19)23-17-32(18-38-13-14-40(6,7)8)25(30-23)22(16-24(33)34)31-27(36)39-28(2,3)4/h9,11-12,15,17,22H,1,10,13-14,16,18H2,2-8H3,(H,29,35)(H,31,36)(H,33,34). The minimum absolute atomic E-state index is 0.123. The first-order valence-corrected chi connectivity index (χ1v) is 16.8. The Bertz CT molecular complexity index is 1200. The van der Waals surface area contributed by atoms with Crippen molar-refractivity contribution in [3.05, 3.63) is 48.4 Å². The highest BCUT2D eigenvalue weighted by Gasteiger charge is 2.27. The maximum atomic E-state index is 12.6. The zero-order chi connectivity index (χ0) is 30.1. The normalized spacial score (nSPS) is 12.4. The molecule has 1 unspecified atom stereocenters. The van der Waals surface area contributed by atoms with E-state index in [9.17, 15) is 19.5 Å². The molecule has 40 heavy (non-hydrogen) atoms. The number of imidazole rings is 1. The Morgan fingerprint density at radius 1 is 1.20 bits per heavy atom. The van der Waals surface area contributed by atoms with Crippen LogP contribution in [0.15, 0.2) is 37.1 Å². The molecule has 11 nitrogen and oxygen atoms in total. The minimum atomic E-state index is -1.33.